The second kappa shape index (κ2) is 7.11. The monoisotopic (exact) mass is 367 g/mol. The van der Waals surface area contributed by atoms with Gasteiger partial charge in [-0.15, -0.1) is 0 Å². The van der Waals surface area contributed by atoms with Gasteiger partial charge in [-0.3, -0.25) is 9.69 Å². The second-order valence-electron chi connectivity index (χ2n) is 7.19. The topological polar surface area (TPSA) is 71.6 Å². The van der Waals surface area contributed by atoms with Crippen LogP contribution in [0.4, 0.5) is 0 Å². The number of hydrogen-bond donors (Lipinski definition) is 0. The minimum Gasteiger partial charge on any atom is -0.337 e. The minimum atomic E-state index is 0.0360. The number of carbonyl (C=O) groups is 1. The fourth-order valence-corrected chi connectivity index (χ4v) is 3.62. The molecule has 142 valence electrons. The summed E-state index contributed by atoms with van der Waals surface area (Å²) in [6.07, 6.45) is 6.42. The smallest absolute Gasteiger partial charge is 0.257 e. The van der Waals surface area contributed by atoms with Crippen LogP contribution in [0.1, 0.15) is 34.0 Å². The zero-order valence-corrected chi connectivity index (χ0v) is 16.1. The molecule has 8 nitrogen and oxygen atoms in total. The number of amides is 1. The van der Waals surface area contributed by atoms with E-state index in [4.69, 9.17) is 0 Å². The molecule has 0 aliphatic carbocycles. The third-order valence-electron chi connectivity index (χ3n) is 5.24. The Morgan fingerprint density at radius 2 is 2.00 bits per heavy atom. The fourth-order valence-electron chi connectivity index (χ4n) is 3.62. The molecule has 1 saturated heterocycles. The number of aryl methyl sites for hydroxylation is 3. The summed E-state index contributed by atoms with van der Waals surface area (Å²) in [7, 11) is 2.01. The Balaban J connectivity index is 1.48. The van der Waals surface area contributed by atoms with Gasteiger partial charge in [0.25, 0.3) is 5.91 Å². The van der Waals surface area contributed by atoms with E-state index < -0.39 is 0 Å². The Hall–Kier alpha value is -2.74. The third kappa shape index (κ3) is 3.44. The van der Waals surface area contributed by atoms with E-state index in [1.165, 1.54) is 0 Å². The highest BCUT2D eigenvalue weighted by atomic mass is 16.2. The summed E-state index contributed by atoms with van der Waals surface area (Å²) in [5.41, 5.74) is 3.14. The summed E-state index contributed by atoms with van der Waals surface area (Å²) in [6.45, 7) is 7.94. The molecule has 0 aromatic carbocycles. The normalized spacial score (nSPS) is 16.0. The third-order valence-corrected chi connectivity index (χ3v) is 5.24. The van der Waals surface area contributed by atoms with Gasteiger partial charge in [0.1, 0.15) is 5.82 Å². The van der Waals surface area contributed by atoms with Crippen LogP contribution in [-0.4, -0.2) is 66.0 Å². The molecule has 3 aromatic rings. The molecule has 0 atom stereocenters. The van der Waals surface area contributed by atoms with Crippen molar-refractivity contribution in [2.75, 3.05) is 26.2 Å². The average Bonchev–Trinajstić information content (AvgIpc) is 3.13. The zero-order valence-electron chi connectivity index (χ0n) is 16.1. The van der Waals surface area contributed by atoms with Gasteiger partial charge in [-0.05, 0) is 20.3 Å². The van der Waals surface area contributed by atoms with E-state index in [1.54, 1.807) is 10.7 Å². The van der Waals surface area contributed by atoms with Crippen LogP contribution in [0.5, 0.6) is 0 Å². The van der Waals surface area contributed by atoms with Gasteiger partial charge >= 0.3 is 0 Å². The van der Waals surface area contributed by atoms with Gasteiger partial charge in [0, 0.05) is 57.9 Å². The van der Waals surface area contributed by atoms with Crippen molar-refractivity contribution in [3.05, 3.63) is 47.4 Å². The molecule has 4 rings (SSSR count). The lowest BCUT2D eigenvalue weighted by molar-refractivity contribution is 0.0759. The highest BCUT2D eigenvalue weighted by molar-refractivity contribution is 5.95. The first kappa shape index (κ1) is 17.7. The molecule has 0 N–H and O–H groups in total. The Morgan fingerprint density at radius 3 is 2.78 bits per heavy atom. The standard InChI is InChI=1S/C19H25N7O/c1-14-11-17-21-12-16(15(2)26(17)22-14)19(27)25-7-4-6-24(9-10-25)13-18-20-5-8-23(18)3/h5,8,11-12H,4,6-7,9-10,13H2,1-3H3. The van der Waals surface area contributed by atoms with Crippen molar-refractivity contribution in [3.63, 3.8) is 0 Å². The van der Waals surface area contributed by atoms with E-state index in [9.17, 15) is 4.79 Å². The molecule has 8 heteroatoms. The van der Waals surface area contributed by atoms with Gasteiger partial charge in [-0.25, -0.2) is 14.5 Å². The van der Waals surface area contributed by atoms with E-state index >= 15 is 0 Å². The Labute approximate surface area is 158 Å². The summed E-state index contributed by atoms with van der Waals surface area (Å²) in [4.78, 5) is 26.2. The molecule has 1 fully saturated rings. The van der Waals surface area contributed by atoms with Gasteiger partial charge in [0.15, 0.2) is 5.65 Å². The molecule has 1 aliphatic heterocycles. The van der Waals surface area contributed by atoms with Crippen molar-refractivity contribution in [2.45, 2.75) is 26.8 Å². The number of nitrogens with zero attached hydrogens (tertiary/aromatic N) is 7. The van der Waals surface area contributed by atoms with E-state index in [1.807, 2.05) is 48.8 Å². The minimum absolute atomic E-state index is 0.0360. The van der Waals surface area contributed by atoms with Gasteiger partial charge < -0.3 is 9.47 Å². The number of fused-ring (bicyclic) bond motifs is 1. The van der Waals surface area contributed by atoms with Gasteiger partial charge in [0.05, 0.1) is 23.5 Å². The van der Waals surface area contributed by atoms with Gasteiger partial charge in [0.2, 0.25) is 0 Å². The highest BCUT2D eigenvalue weighted by Crippen LogP contribution is 2.15. The summed E-state index contributed by atoms with van der Waals surface area (Å²) < 4.78 is 3.80. The molecule has 0 spiro atoms. The van der Waals surface area contributed by atoms with Crippen molar-refractivity contribution in [1.82, 2.24) is 33.9 Å². The van der Waals surface area contributed by atoms with Crippen LogP contribution < -0.4 is 0 Å². The van der Waals surface area contributed by atoms with Crippen molar-refractivity contribution >= 4 is 11.6 Å². The van der Waals surface area contributed by atoms with Crippen LogP contribution in [0.25, 0.3) is 5.65 Å². The SMILES string of the molecule is Cc1cc2ncc(C(=O)N3CCCN(Cc4nccn4C)CC3)c(C)n2n1. The van der Waals surface area contributed by atoms with Gasteiger partial charge in [-0.2, -0.15) is 5.10 Å². The van der Waals surface area contributed by atoms with Crippen LogP contribution in [0.15, 0.2) is 24.7 Å². The predicted octanol–water partition coefficient (Wildman–Crippen LogP) is 1.43. The molecular weight excluding hydrogens is 342 g/mol. The first-order chi connectivity index (χ1) is 13.0. The molecule has 1 aliphatic rings. The van der Waals surface area contributed by atoms with Crippen molar-refractivity contribution in [3.8, 4) is 0 Å². The number of carbonyl (C=O) groups excluding carboxylic acids is 1. The Morgan fingerprint density at radius 1 is 1.15 bits per heavy atom. The van der Waals surface area contributed by atoms with Crippen LogP contribution in [0, 0.1) is 13.8 Å². The second-order valence-corrected chi connectivity index (χ2v) is 7.19. The summed E-state index contributed by atoms with van der Waals surface area (Å²) >= 11 is 0. The lowest BCUT2D eigenvalue weighted by atomic mass is 10.2. The molecule has 4 heterocycles. The van der Waals surface area contributed by atoms with Crippen LogP contribution in [-0.2, 0) is 13.6 Å². The predicted molar refractivity (Wildman–Crippen MR) is 101 cm³/mol. The van der Waals surface area contributed by atoms with E-state index in [-0.39, 0.29) is 5.91 Å². The van der Waals surface area contributed by atoms with E-state index in [0.29, 0.717) is 12.1 Å². The maximum atomic E-state index is 13.1. The Kier molecular flexibility index (Phi) is 4.65. The summed E-state index contributed by atoms with van der Waals surface area (Å²) in [6, 6.07) is 1.92. The zero-order chi connectivity index (χ0) is 19.0. The maximum Gasteiger partial charge on any atom is 0.257 e. The van der Waals surface area contributed by atoms with Crippen LogP contribution in [0.2, 0.25) is 0 Å². The molecule has 1 amide bonds. The number of rotatable bonds is 3. The lowest BCUT2D eigenvalue weighted by Crippen LogP contribution is -2.36. The summed E-state index contributed by atoms with van der Waals surface area (Å²) in [5, 5.41) is 4.45. The van der Waals surface area contributed by atoms with Crippen LogP contribution in [0.3, 0.4) is 0 Å². The first-order valence-electron chi connectivity index (χ1n) is 9.33. The number of hydrogen-bond acceptors (Lipinski definition) is 5. The van der Waals surface area contributed by atoms with E-state index in [2.05, 4.69) is 20.0 Å². The quantitative estimate of drug-likeness (QED) is 0.700. The summed E-state index contributed by atoms with van der Waals surface area (Å²) in [5.74, 6) is 1.09. The van der Waals surface area contributed by atoms with Crippen molar-refractivity contribution < 1.29 is 4.79 Å². The van der Waals surface area contributed by atoms with E-state index in [0.717, 1.165) is 55.5 Å². The number of imidazole rings is 1. The maximum absolute atomic E-state index is 13.1. The highest BCUT2D eigenvalue weighted by Gasteiger charge is 2.23. The Bertz CT molecular complexity index is 974. The molecule has 3 aromatic heterocycles. The molecular formula is C19H25N7O. The van der Waals surface area contributed by atoms with Gasteiger partial charge in [-0.1, -0.05) is 0 Å². The van der Waals surface area contributed by atoms with Crippen LogP contribution >= 0.6 is 0 Å². The molecule has 0 unspecified atom stereocenters. The molecule has 27 heavy (non-hydrogen) atoms. The molecule has 0 bridgehead atoms. The fraction of sp³-hybridized carbons (Fsp3) is 0.474. The average molecular weight is 367 g/mol. The lowest BCUT2D eigenvalue weighted by Gasteiger charge is -2.22. The van der Waals surface area contributed by atoms with Crippen molar-refractivity contribution in [2.24, 2.45) is 7.05 Å². The first-order valence-corrected chi connectivity index (χ1v) is 9.33. The molecule has 0 radical (unpaired) electrons. The van der Waals surface area contributed by atoms with Crippen molar-refractivity contribution in [1.29, 1.82) is 0 Å². The molecule has 0 saturated carbocycles. The largest absolute Gasteiger partial charge is 0.337 e. The number of aromatic nitrogens is 5.